The smallest absolute Gasteiger partial charge is 0.340 e. The van der Waals surface area contributed by atoms with E-state index < -0.39 is 11.6 Å². The van der Waals surface area contributed by atoms with Crippen LogP contribution in [-0.2, 0) is 16.0 Å². The van der Waals surface area contributed by atoms with Crippen LogP contribution in [0.4, 0.5) is 0 Å². The summed E-state index contributed by atoms with van der Waals surface area (Å²) in [6, 6.07) is 3.58. The van der Waals surface area contributed by atoms with Gasteiger partial charge in [-0.05, 0) is 49.9 Å². The molecule has 1 heterocycles. The van der Waals surface area contributed by atoms with E-state index in [0.717, 1.165) is 5.56 Å². The molecule has 25 heavy (non-hydrogen) atoms. The number of carbonyl (C=O) groups excluding carboxylic acids is 2. The summed E-state index contributed by atoms with van der Waals surface area (Å²) in [5.41, 5.74) is 1.63. The van der Waals surface area contributed by atoms with Gasteiger partial charge in [0.2, 0.25) is 5.91 Å². The molecular formula is C18H20NO6-. The van der Waals surface area contributed by atoms with Gasteiger partial charge in [-0.2, -0.15) is 0 Å². The number of carbonyl (C=O) groups is 2. The van der Waals surface area contributed by atoms with Gasteiger partial charge in [-0.15, -0.1) is 0 Å². The maximum absolute atomic E-state index is 12.2. The summed E-state index contributed by atoms with van der Waals surface area (Å²) in [5.74, 6) is -0.964. The Labute approximate surface area is 144 Å². The fourth-order valence-electron chi connectivity index (χ4n) is 2.69. The third-order valence-corrected chi connectivity index (χ3v) is 3.92. The van der Waals surface area contributed by atoms with Crippen molar-refractivity contribution < 1.29 is 23.8 Å². The van der Waals surface area contributed by atoms with Crippen molar-refractivity contribution in [3.63, 3.8) is 0 Å². The number of rotatable bonds is 7. The molecule has 0 aliphatic heterocycles. The van der Waals surface area contributed by atoms with Crippen molar-refractivity contribution in [2.45, 2.75) is 33.1 Å². The Morgan fingerprint density at radius 1 is 1.28 bits per heavy atom. The lowest BCUT2D eigenvalue weighted by Crippen LogP contribution is -2.30. The molecule has 0 saturated carbocycles. The van der Waals surface area contributed by atoms with E-state index in [0.29, 0.717) is 22.3 Å². The summed E-state index contributed by atoms with van der Waals surface area (Å²) in [6.45, 7) is 3.81. The Morgan fingerprint density at radius 2 is 2.00 bits per heavy atom. The fraction of sp³-hybridized carbons (Fsp3) is 0.389. The second-order valence-corrected chi connectivity index (χ2v) is 5.84. The topological polar surface area (TPSA) is 109 Å². The average molecular weight is 346 g/mol. The van der Waals surface area contributed by atoms with Gasteiger partial charge in [0, 0.05) is 12.5 Å². The molecule has 2 aromatic rings. The number of benzene rings is 1. The van der Waals surface area contributed by atoms with Crippen LogP contribution in [0.3, 0.4) is 0 Å². The third kappa shape index (κ3) is 4.37. The number of aliphatic carboxylic acids is 1. The highest BCUT2D eigenvalue weighted by molar-refractivity contribution is 5.89. The largest absolute Gasteiger partial charge is 0.550 e. The normalized spacial score (nSPS) is 10.7. The van der Waals surface area contributed by atoms with E-state index in [4.69, 9.17) is 9.15 Å². The van der Waals surface area contributed by atoms with E-state index in [9.17, 15) is 19.5 Å². The quantitative estimate of drug-likeness (QED) is 0.581. The van der Waals surface area contributed by atoms with E-state index >= 15 is 0 Å². The van der Waals surface area contributed by atoms with Crippen molar-refractivity contribution in [3.8, 4) is 5.75 Å². The molecule has 134 valence electrons. The first kappa shape index (κ1) is 18.5. The lowest BCUT2D eigenvalue weighted by molar-refractivity contribution is -0.305. The molecule has 1 aromatic heterocycles. The van der Waals surface area contributed by atoms with E-state index in [2.05, 4.69) is 5.32 Å². The monoisotopic (exact) mass is 346 g/mol. The zero-order chi connectivity index (χ0) is 18.6. The summed E-state index contributed by atoms with van der Waals surface area (Å²) in [6.07, 6.45) is -0.00703. The van der Waals surface area contributed by atoms with Gasteiger partial charge in [0.25, 0.3) is 0 Å². The summed E-state index contributed by atoms with van der Waals surface area (Å²) in [7, 11) is 1.53. The number of carboxylic acid groups (broad SMARTS) is 1. The summed E-state index contributed by atoms with van der Waals surface area (Å²) in [5, 5.41) is 13.6. The van der Waals surface area contributed by atoms with Crippen molar-refractivity contribution >= 4 is 22.8 Å². The summed E-state index contributed by atoms with van der Waals surface area (Å²) < 4.78 is 10.7. The zero-order valence-corrected chi connectivity index (χ0v) is 14.4. The van der Waals surface area contributed by atoms with Crippen LogP contribution in [0, 0.1) is 13.8 Å². The number of aryl methyl sites for hydroxylation is 2. The van der Waals surface area contributed by atoms with E-state index in [1.54, 1.807) is 13.0 Å². The molecule has 0 fully saturated rings. The lowest BCUT2D eigenvalue weighted by Gasteiger charge is -2.12. The summed E-state index contributed by atoms with van der Waals surface area (Å²) in [4.78, 5) is 34.6. The van der Waals surface area contributed by atoms with Crippen LogP contribution in [0.25, 0.3) is 11.0 Å². The molecule has 0 spiro atoms. The highest BCUT2D eigenvalue weighted by Crippen LogP contribution is 2.30. The van der Waals surface area contributed by atoms with Crippen molar-refractivity contribution in [2.75, 3.05) is 13.7 Å². The molecule has 0 aliphatic rings. The highest BCUT2D eigenvalue weighted by Gasteiger charge is 2.17. The molecule has 7 heteroatoms. The van der Waals surface area contributed by atoms with Crippen LogP contribution in [0.15, 0.2) is 21.3 Å². The van der Waals surface area contributed by atoms with Gasteiger partial charge >= 0.3 is 5.63 Å². The maximum Gasteiger partial charge on any atom is 0.340 e. The Kier molecular flexibility index (Phi) is 5.80. The van der Waals surface area contributed by atoms with Crippen LogP contribution in [0.1, 0.15) is 29.5 Å². The van der Waals surface area contributed by atoms with Crippen LogP contribution in [0.2, 0.25) is 0 Å². The second-order valence-electron chi connectivity index (χ2n) is 5.84. The number of hydrogen-bond donors (Lipinski definition) is 1. The number of hydrogen-bond acceptors (Lipinski definition) is 6. The number of amides is 1. The zero-order valence-electron chi connectivity index (χ0n) is 14.4. The average Bonchev–Trinajstić information content (AvgIpc) is 2.54. The predicted molar refractivity (Wildman–Crippen MR) is 89.5 cm³/mol. The Bertz CT molecular complexity index is 868. The van der Waals surface area contributed by atoms with Gasteiger partial charge in [0.1, 0.15) is 11.3 Å². The first-order chi connectivity index (χ1) is 11.8. The molecule has 0 radical (unpaired) electrons. The first-order valence-corrected chi connectivity index (χ1v) is 7.91. The number of carboxylic acids is 1. The van der Waals surface area contributed by atoms with Gasteiger partial charge in [0.05, 0.1) is 24.5 Å². The Morgan fingerprint density at radius 3 is 2.64 bits per heavy atom. The third-order valence-electron chi connectivity index (χ3n) is 3.92. The Balaban J connectivity index is 2.26. The molecule has 1 N–H and O–H groups in total. The van der Waals surface area contributed by atoms with Gasteiger partial charge in [0.15, 0.2) is 0 Å². The van der Waals surface area contributed by atoms with Crippen molar-refractivity contribution in [2.24, 2.45) is 0 Å². The fourth-order valence-corrected chi connectivity index (χ4v) is 2.69. The molecule has 0 bridgehead atoms. The molecular weight excluding hydrogens is 326 g/mol. The van der Waals surface area contributed by atoms with Gasteiger partial charge in [-0.25, -0.2) is 4.79 Å². The molecule has 0 unspecified atom stereocenters. The minimum absolute atomic E-state index is 0.131. The first-order valence-electron chi connectivity index (χ1n) is 7.91. The number of ether oxygens (including phenoxy) is 1. The summed E-state index contributed by atoms with van der Waals surface area (Å²) >= 11 is 0. The Hall–Kier alpha value is -2.83. The second kappa shape index (κ2) is 7.83. The van der Waals surface area contributed by atoms with Crippen LogP contribution in [0.5, 0.6) is 5.75 Å². The number of fused-ring (bicyclic) bond motifs is 1. The van der Waals surface area contributed by atoms with E-state index in [1.807, 2.05) is 13.0 Å². The molecule has 1 aromatic carbocycles. The van der Waals surface area contributed by atoms with Crippen molar-refractivity contribution in [1.82, 2.24) is 5.32 Å². The van der Waals surface area contributed by atoms with E-state index in [-0.39, 0.29) is 37.3 Å². The van der Waals surface area contributed by atoms with Gasteiger partial charge < -0.3 is 24.4 Å². The highest BCUT2D eigenvalue weighted by atomic mass is 16.5. The van der Waals surface area contributed by atoms with Gasteiger partial charge in [-0.1, -0.05) is 0 Å². The molecule has 2 rings (SSSR count). The molecule has 0 saturated heterocycles. The maximum atomic E-state index is 12.2. The van der Waals surface area contributed by atoms with E-state index in [1.165, 1.54) is 7.11 Å². The number of methoxy groups -OCH3 is 1. The standard InChI is InChI=1S/C18H21NO6/c1-10-7-13(24-3)17-11(2)12(18(23)25-14(17)8-10)9-15(20)19-6-4-5-16(21)22/h7-8H,4-6,9H2,1-3H3,(H,19,20)(H,21,22)/p-1. The SMILES string of the molecule is COc1cc(C)cc2oc(=O)c(CC(=O)NCCCC(=O)[O-])c(C)c12. The molecule has 1 amide bonds. The van der Waals surface area contributed by atoms with Crippen LogP contribution in [-0.4, -0.2) is 25.5 Å². The number of nitrogens with one attached hydrogen (secondary N) is 1. The van der Waals surface area contributed by atoms with Crippen LogP contribution >= 0.6 is 0 Å². The lowest BCUT2D eigenvalue weighted by atomic mass is 10.0. The van der Waals surface area contributed by atoms with Gasteiger partial charge in [-0.3, -0.25) is 4.79 Å². The molecule has 0 atom stereocenters. The van der Waals surface area contributed by atoms with Crippen LogP contribution < -0.4 is 20.8 Å². The predicted octanol–water partition coefficient (Wildman–Crippen LogP) is 0.607. The minimum atomic E-state index is -1.16. The van der Waals surface area contributed by atoms with Crippen molar-refractivity contribution in [1.29, 1.82) is 0 Å². The minimum Gasteiger partial charge on any atom is -0.550 e. The van der Waals surface area contributed by atoms with Crippen molar-refractivity contribution in [3.05, 3.63) is 39.2 Å². The molecule has 0 aliphatic carbocycles. The molecule has 7 nitrogen and oxygen atoms in total.